The van der Waals surface area contributed by atoms with Crippen molar-refractivity contribution in [1.82, 2.24) is 10.9 Å². The van der Waals surface area contributed by atoms with E-state index in [0.29, 0.717) is 0 Å². The van der Waals surface area contributed by atoms with Crippen molar-refractivity contribution in [3.8, 4) is 0 Å². The van der Waals surface area contributed by atoms with E-state index in [4.69, 9.17) is 0 Å². The van der Waals surface area contributed by atoms with Gasteiger partial charge in [0.2, 0.25) is 0 Å². The Hall–Kier alpha value is -0.410. The van der Waals surface area contributed by atoms with Crippen LogP contribution in [0.2, 0.25) is 0 Å². The summed E-state index contributed by atoms with van der Waals surface area (Å²) in [5, 5.41) is 0. The van der Waals surface area contributed by atoms with Gasteiger partial charge < -0.3 is 0 Å². The van der Waals surface area contributed by atoms with Crippen LogP contribution in [0.3, 0.4) is 0 Å². The van der Waals surface area contributed by atoms with Crippen LogP contribution in [0.1, 0.15) is 20.8 Å². The van der Waals surface area contributed by atoms with Crippen molar-refractivity contribution >= 4 is 5.78 Å². The summed E-state index contributed by atoms with van der Waals surface area (Å²) in [6.07, 6.45) is 0. The lowest BCUT2D eigenvalue weighted by Gasteiger charge is -2.13. The smallest absolute Gasteiger partial charge is 0.153 e. The van der Waals surface area contributed by atoms with Crippen LogP contribution in [0.5, 0.6) is 0 Å². The average Bonchev–Trinajstić information content (AvgIpc) is 1.87. The molecule has 3 nitrogen and oxygen atoms in total. The van der Waals surface area contributed by atoms with E-state index in [2.05, 4.69) is 10.9 Å². The van der Waals surface area contributed by atoms with Crippen molar-refractivity contribution in [2.45, 2.75) is 26.8 Å². The van der Waals surface area contributed by atoms with Gasteiger partial charge in [0.05, 0.1) is 6.04 Å². The molecule has 0 aromatic heterocycles. The number of carbonyl (C=O) groups excluding carboxylic acids is 1. The Morgan fingerprint density at radius 3 is 2.10 bits per heavy atom. The van der Waals surface area contributed by atoms with Crippen LogP contribution < -0.4 is 10.9 Å². The highest BCUT2D eigenvalue weighted by molar-refractivity contribution is 5.85. The minimum Gasteiger partial charge on any atom is -0.298 e. The van der Waals surface area contributed by atoms with Crippen LogP contribution in [-0.2, 0) is 4.79 Å². The van der Waals surface area contributed by atoms with Crippen molar-refractivity contribution in [3.05, 3.63) is 0 Å². The number of carbonyl (C=O) groups is 1. The first-order valence-corrected chi connectivity index (χ1v) is 3.55. The molecule has 0 rings (SSSR count). The van der Waals surface area contributed by atoms with Crippen LogP contribution in [-0.4, -0.2) is 18.9 Å². The molecular formula is C7H16N2O. The fourth-order valence-electron chi connectivity index (χ4n) is 0.788. The summed E-state index contributed by atoms with van der Waals surface area (Å²) >= 11 is 0. The van der Waals surface area contributed by atoms with E-state index < -0.39 is 0 Å². The minimum absolute atomic E-state index is 0.0926. The van der Waals surface area contributed by atoms with Gasteiger partial charge >= 0.3 is 0 Å². The molecule has 0 heterocycles. The minimum atomic E-state index is -0.0926. The standard InChI is InChI=1S/C7H16N2O/c1-5(2)7(10)6(3)9-8-4/h5-6,8-9H,1-4H3. The van der Waals surface area contributed by atoms with E-state index in [1.165, 1.54) is 0 Å². The summed E-state index contributed by atoms with van der Waals surface area (Å²) in [7, 11) is 1.75. The Labute approximate surface area is 62.2 Å². The van der Waals surface area contributed by atoms with Crippen molar-refractivity contribution in [3.63, 3.8) is 0 Å². The van der Waals surface area contributed by atoms with Gasteiger partial charge in [-0.25, -0.2) is 5.43 Å². The monoisotopic (exact) mass is 144 g/mol. The van der Waals surface area contributed by atoms with E-state index in [1.54, 1.807) is 7.05 Å². The van der Waals surface area contributed by atoms with Gasteiger partial charge in [0, 0.05) is 5.92 Å². The van der Waals surface area contributed by atoms with Gasteiger partial charge in [-0.15, -0.1) is 0 Å². The summed E-state index contributed by atoms with van der Waals surface area (Å²) in [4.78, 5) is 11.1. The first-order valence-electron chi connectivity index (χ1n) is 3.55. The molecule has 60 valence electrons. The number of hydrogen-bond donors (Lipinski definition) is 2. The number of ketones is 1. The van der Waals surface area contributed by atoms with Gasteiger partial charge in [-0.2, -0.15) is 0 Å². The highest BCUT2D eigenvalue weighted by atomic mass is 16.1. The summed E-state index contributed by atoms with van der Waals surface area (Å²) in [5.74, 6) is 0.338. The SMILES string of the molecule is CNNC(C)C(=O)C(C)C. The predicted octanol–water partition coefficient (Wildman–Crippen LogP) is 0.324. The van der Waals surface area contributed by atoms with E-state index in [-0.39, 0.29) is 17.7 Å². The number of Topliss-reactive ketones (excluding diaryl/α,β-unsaturated/α-hetero) is 1. The van der Waals surface area contributed by atoms with Gasteiger partial charge in [0.1, 0.15) is 0 Å². The molecule has 0 spiro atoms. The molecular weight excluding hydrogens is 128 g/mol. The molecule has 0 fully saturated rings. The van der Waals surface area contributed by atoms with E-state index in [1.807, 2.05) is 20.8 Å². The van der Waals surface area contributed by atoms with E-state index in [0.717, 1.165) is 0 Å². The summed E-state index contributed by atoms with van der Waals surface area (Å²) < 4.78 is 0. The second-order valence-corrected chi connectivity index (χ2v) is 2.67. The first-order chi connectivity index (χ1) is 4.59. The molecule has 10 heavy (non-hydrogen) atoms. The van der Waals surface area contributed by atoms with Crippen LogP contribution >= 0.6 is 0 Å². The Morgan fingerprint density at radius 1 is 1.30 bits per heavy atom. The molecule has 1 atom stereocenters. The molecule has 0 aromatic carbocycles. The van der Waals surface area contributed by atoms with Gasteiger partial charge in [-0.3, -0.25) is 10.2 Å². The lowest BCUT2D eigenvalue weighted by atomic mass is 10.0. The van der Waals surface area contributed by atoms with Crippen molar-refractivity contribution in [2.75, 3.05) is 7.05 Å². The topological polar surface area (TPSA) is 41.1 Å². The van der Waals surface area contributed by atoms with Crippen LogP contribution in [0.4, 0.5) is 0 Å². The molecule has 0 saturated carbocycles. The fourth-order valence-corrected chi connectivity index (χ4v) is 0.788. The van der Waals surface area contributed by atoms with Gasteiger partial charge in [-0.05, 0) is 14.0 Å². The maximum absolute atomic E-state index is 11.1. The number of hydrogen-bond acceptors (Lipinski definition) is 3. The molecule has 0 aliphatic heterocycles. The molecule has 3 heteroatoms. The quantitative estimate of drug-likeness (QED) is 0.558. The largest absolute Gasteiger partial charge is 0.298 e. The third-order valence-corrected chi connectivity index (χ3v) is 1.36. The summed E-state index contributed by atoms with van der Waals surface area (Å²) in [5.41, 5.74) is 5.56. The van der Waals surface area contributed by atoms with Crippen LogP contribution in [0.25, 0.3) is 0 Å². The van der Waals surface area contributed by atoms with E-state index in [9.17, 15) is 4.79 Å². The molecule has 2 N–H and O–H groups in total. The fraction of sp³-hybridized carbons (Fsp3) is 0.857. The summed E-state index contributed by atoms with van der Waals surface area (Å²) in [6, 6.07) is -0.0926. The highest BCUT2D eigenvalue weighted by Crippen LogP contribution is 1.97. The number of nitrogens with one attached hydrogen (secondary N) is 2. The third kappa shape index (κ3) is 2.94. The molecule has 1 unspecified atom stereocenters. The maximum Gasteiger partial charge on any atom is 0.153 e. The summed E-state index contributed by atoms with van der Waals surface area (Å²) in [6.45, 7) is 5.64. The zero-order valence-electron chi connectivity index (χ0n) is 7.06. The predicted molar refractivity (Wildman–Crippen MR) is 41.5 cm³/mol. The number of hydrazine groups is 1. The Bertz CT molecular complexity index is 112. The lowest BCUT2D eigenvalue weighted by Crippen LogP contribution is -2.43. The zero-order valence-corrected chi connectivity index (χ0v) is 7.06. The Kier molecular flexibility index (Phi) is 4.23. The molecule has 0 aliphatic rings. The first kappa shape index (κ1) is 9.59. The normalized spacial score (nSPS) is 13.7. The second-order valence-electron chi connectivity index (χ2n) is 2.67. The average molecular weight is 144 g/mol. The molecule has 0 bridgehead atoms. The van der Waals surface area contributed by atoms with Crippen molar-refractivity contribution in [1.29, 1.82) is 0 Å². The molecule has 0 aliphatic carbocycles. The highest BCUT2D eigenvalue weighted by Gasteiger charge is 2.14. The second kappa shape index (κ2) is 4.41. The molecule has 0 aromatic rings. The Balaban J connectivity index is 3.71. The van der Waals surface area contributed by atoms with Crippen molar-refractivity contribution in [2.24, 2.45) is 5.92 Å². The van der Waals surface area contributed by atoms with Gasteiger partial charge in [0.25, 0.3) is 0 Å². The Morgan fingerprint density at radius 2 is 1.80 bits per heavy atom. The van der Waals surface area contributed by atoms with Crippen molar-refractivity contribution < 1.29 is 4.79 Å². The maximum atomic E-state index is 11.1. The van der Waals surface area contributed by atoms with Gasteiger partial charge in [-0.1, -0.05) is 13.8 Å². The van der Waals surface area contributed by atoms with Gasteiger partial charge in [0.15, 0.2) is 5.78 Å². The van der Waals surface area contributed by atoms with Crippen LogP contribution in [0.15, 0.2) is 0 Å². The molecule has 0 radical (unpaired) electrons. The molecule has 0 amide bonds. The van der Waals surface area contributed by atoms with E-state index >= 15 is 0 Å². The molecule has 0 saturated heterocycles. The zero-order chi connectivity index (χ0) is 8.15. The number of rotatable bonds is 4. The lowest BCUT2D eigenvalue weighted by molar-refractivity contribution is -0.123. The third-order valence-electron chi connectivity index (χ3n) is 1.36. The van der Waals surface area contributed by atoms with Crippen LogP contribution in [0, 0.1) is 5.92 Å².